The number of carbonyl (C=O) groups excluding carboxylic acids is 2. The molecular weight excluding hydrogens is 392 g/mol. The molecule has 3 aromatic rings. The monoisotopic (exact) mass is 406 g/mol. The Morgan fingerprint density at radius 1 is 0.786 bits per heavy atom. The third-order valence-electron chi connectivity index (χ3n) is 4.72. The number of halogens is 1. The maximum atomic E-state index is 13.0. The number of anilines is 2. The summed E-state index contributed by atoms with van der Waals surface area (Å²) in [6, 6.07) is 17.5. The highest BCUT2D eigenvalue weighted by atomic mass is 35.5. The zero-order chi connectivity index (χ0) is 19.8. The first-order chi connectivity index (χ1) is 13.5. The molecule has 0 saturated heterocycles. The summed E-state index contributed by atoms with van der Waals surface area (Å²) in [7, 11) is 0. The molecule has 4 rings (SSSR count). The molecule has 2 N–H and O–H groups in total. The molecule has 0 aliphatic heterocycles. The maximum absolute atomic E-state index is 13.0. The molecule has 6 heteroatoms. The third kappa shape index (κ3) is 3.09. The van der Waals surface area contributed by atoms with Gasteiger partial charge in [0.2, 0.25) is 0 Å². The van der Waals surface area contributed by atoms with Gasteiger partial charge in [0.15, 0.2) is 16.7 Å². The van der Waals surface area contributed by atoms with E-state index in [9.17, 15) is 9.59 Å². The average molecular weight is 407 g/mol. The van der Waals surface area contributed by atoms with E-state index in [1.54, 1.807) is 48.5 Å². The molecule has 0 unspecified atom stereocenters. The van der Waals surface area contributed by atoms with Crippen molar-refractivity contribution in [1.82, 2.24) is 0 Å². The van der Waals surface area contributed by atoms with Gasteiger partial charge >= 0.3 is 0 Å². The number of ketones is 2. The fourth-order valence-corrected chi connectivity index (χ4v) is 3.66. The third-order valence-corrected chi connectivity index (χ3v) is 5.33. The Kier molecular flexibility index (Phi) is 4.71. The Labute approximate surface area is 172 Å². The fraction of sp³-hybridized carbons (Fsp3) is 0.0455. The van der Waals surface area contributed by atoms with Crippen molar-refractivity contribution in [3.63, 3.8) is 0 Å². The van der Waals surface area contributed by atoms with Gasteiger partial charge in [-0.25, -0.2) is 0 Å². The molecule has 28 heavy (non-hydrogen) atoms. The zero-order valence-corrected chi connectivity index (χ0v) is 16.4. The van der Waals surface area contributed by atoms with Gasteiger partial charge in [-0.1, -0.05) is 54.1 Å². The highest BCUT2D eigenvalue weighted by Crippen LogP contribution is 2.32. The van der Waals surface area contributed by atoms with E-state index >= 15 is 0 Å². The summed E-state index contributed by atoms with van der Waals surface area (Å²) in [5.41, 5.74) is 3.65. The van der Waals surface area contributed by atoms with Crippen LogP contribution in [-0.2, 0) is 0 Å². The standard InChI is InChI=1S/C22H15ClN2O2S/c1-12-16(23)9-5-10-17(12)24-22(28)25-18-11-4-8-15-19(18)21(27)14-7-3-2-6-13(14)20(15)26/h2-11H,1H3,(H2,24,25,28). The first-order valence-corrected chi connectivity index (χ1v) is 9.40. The highest BCUT2D eigenvalue weighted by molar-refractivity contribution is 7.80. The van der Waals surface area contributed by atoms with Crippen molar-refractivity contribution in [2.75, 3.05) is 10.6 Å². The van der Waals surface area contributed by atoms with Gasteiger partial charge in [-0.05, 0) is 42.9 Å². The van der Waals surface area contributed by atoms with E-state index in [0.717, 1.165) is 11.3 Å². The largest absolute Gasteiger partial charge is 0.332 e. The molecule has 0 spiro atoms. The van der Waals surface area contributed by atoms with Crippen LogP contribution in [0.15, 0.2) is 60.7 Å². The molecular formula is C22H15ClN2O2S. The van der Waals surface area contributed by atoms with Crippen LogP contribution in [0.3, 0.4) is 0 Å². The SMILES string of the molecule is Cc1c(Cl)cccc1NC(=S)Nc1cccc2c1C(=O)c1ccccc1C2=O. The van der Waals surface area contributed by atoms with Gasteiger partial charge in [-0.2, -0.15) is 0 Å². The lowest BCUT2D eigenvalue weighted by atomic mass is 9.83. The van der Waals surface area contributed by atoms with Gasteiger partial charge in [0, 0.05) is 27.4 Å². The van der Waals surface area contributed by atoms with Gasteiger partial charge in [0.05, 0.1) is 11.3 Å². The van der Waals surface area contributed by atoms with Crippen LogP contribution in [0.5, 0.6) is 0 Å². The number of thiocarbonyl (C=S) groups is 1. The predicted octanol–water partition coefficient (Wildman–Crippen LogP) is 5.23. The van der Waals surface area contributed by atoms with Crippen molar-refractivity contribution >= 4 is 51.9 Å². The van der Waals surface area contributed by atoms with E-state index in [0.29, 0.717) is 38.1 Å². The van der Waals surface area contributed by atoms with Crippen LogP contribution >= 0.6 is 23.8 Å². The van der Waals surface area contributed by atoms with Gasteiger partial charge in [0.25, 0.3) is 0 Å². The quantitative estimate of drug-likeness (QED) is 0.446. The second kappa shape index (κ2) is 7.19. The molecule has 0 atom stereocenters. The number of fused-ring (bicyclic) bond motifs is 2. The summed E-state index contributed by atoms with van der Waals surface area (Å²) in [5, 5.41) is 7.07. The number of benzene rings is 3. The Hall–Kier alpha value is -3.02. The van der Waals surface area contributed by atoms with Gasteiger partial charge in [0.1, 0.15) is 0 Å². The number of carbonyl (C=O) groups is 2. The minimum atomic E-state index is -0.199. The molecule has 0 fully saturated rings. The summed E-state index contributed by atoms with van der Waals surface area (Å²) in [5.74, 6) is -0.367. The summed E-state index contributed by atoms with van der Waals surface area (Å²) >= 11 is 11.6. The van der Waals surface area contributed by atoms with Crippen molar-refractivity contribution in [1.29, 1.82) is 0 Å². The van der Waals surface area contributed by atoms with Crippen LogP contribution in [0.2, 0.25) is 5.02 Å². The molecule has 1 aliphatic carbocycles. The lowest BCUT2D eigenvalue weighted by Gasteiger charge is -2.21. The lowest BCUT2D eigenvalue weighted by molar-refractivity contribution is 0.0979. The van der Waals surface area contributed by atoms with E-state index < -0.39 is 0 Å². The second-order valence-electron chi connectivity index (χ2n) is 6.42. The molecule has 0 bridgehead atoms. The van der Waals surface area contributed by atoms with Crippen LogP contribution < -0.4 is 10.6 Å². The zero-order valence-electron chi connectivity index (χ0n) is 14.9. The molecule has 3 aromatic carbocycles. The number of hydrogen-bond donors (Lipinski definition) is 2. The smallest absolute Gasteiger partial charge is 0.196 e. The molecule has 4 nitrogen and oxygen atoms in total. The van der Waals surface area contributed by atoms with Crippen LogP contribution in [-0.4, -0.2) is 16.7 Å². The first-order valence-electron chi connectivity index (χ1n) is 8.62. The van der Waals surface area contributed by atoms with Crippen molar-refractivity contribution in [2.24, 2.45) is 0 Å². The van der Waals surface area contributed by atoms with E-state index in [1.165, 1.54) is 0 Å². The normalized spacial score (nSPS) is 12.2. The summed E-state index contributed by atoms with van der Waals surface area (Å²) < 4.78 is 0. The Morgan fingerprint density at radius 3 is 2.11 bits per heavy atom. The van der Waals surface area contributed by atoms with Gasteiger partial charge in [-0.15, -0.1) is 0 Å². The number of nitrogens with one attached hydrogen (secondary N) is 2. The molecule has 0 aromatic heterocycles. The number of rotatable bonds is 2. The Balaban J connectivity index is 1.67. The van der Waals surface area contributed by atoms with Crippen molar-refractivity contribution in [3.8, 4) is 0 Å². The predicted molar refractivity (Wildman–Crippen MR) is 116 cm³/mol. The Morgan fingerprint density at radius 2 is 1.36 bits per heavy atom. The van der Waals surface area contributed by atoms with Crippen molar-refractivity contribution < 1.29 is 9.59 Å². The molecule has 0 heterocycles. The van der Waals surface area contributed by atoms with Crippen LogP contribution in [0, 0.1) is 6.92 Å². The minimum absolute atomic E-state index is 0.168. The summed E-state index contributed by atoms with van der Waals surface area (Å²) in [6.07, 6.45) is 0. The van der Waals surface area contributed by atoms with Gasteiger partial charge < -0.3 is 10.6 Å². The molecule has 0 saturated carbocycles. The molecule has 0 radical (unpaired) electrons. The fourth-order valence-electron chi connectivity index (χ4n) is 3.27. The summed E-state index contributed by atoms with van der Waals surface area (Å²) in [4.78, 5) is 25.9. The average Bonchev–Trinajstić information content (AvgIpc) is 2.69. The molecule has 0 amide bonds. The Bertz CT molecular complexity index is 1160. The van der Waals surface area contributed by atoms with Crippen LogP contribution in [0.1, 0.15) is 37.4 Å². The van der Waals surface area contributed by atoms with E-state index in [-0.39, 0.29) is 11.6 Å². The van der Waals surface area contributed by atoms with E-state index in [2.05, 4.69) is 10.6 Å². The first kappa shape index (κ1) is 18.3. The van der Waals surface area contributed by atoms with Crippen molar-refractivity contribution in [2.45, 2.75) is 6.92 Å². The molecule has 1 aliphatic rings. The van der Waals surface area contributed by atoms with Crippen LogP contribution in [0.25, 0.3) is 0 Å². The van der Waals surface area contributed by atoms with E-state index in [1.807, 2.05) is 19.1 Å². The lowest BCUT2D eigenvalue weighted by Crippen LogP contribution is -2.25. The van der Waals surface area contributed by atoms with Crippen LogP contribution in [0.4, 0.5) is 11.4 Å². The van der Waals surface area contributed by atoms with Crippen molar-refractivity contribution in [3.05, 3.63) is 93.5 Å². The van der Waals surface area contributed by atoms with Gasteiger partial charge in [-0.3, -0.25) is 9.59 Å². The summed E-state index contributed by atoms with van der Waals surface area (Å²) in [6.45, 7) is 1.89. The number of hydrogen-bond acceptors (Lipinski definition) is 3. The topological polar surface area (TPSA) is 58.2 Å². The molecule has 138 valence electrons. The van der Waals surface area contributed by atoms with E-state index in [4.69, 9.17) is 23.8 Å². The second-order valence-corrected chi connectivity index (χ2v) is 7.24. The maximum Gasteiger partial charge on any atom is 0.196 e. The minimum Gasteiger partial charge on any atom is -0.332 e. The highest BCUT2D eigenvalue weighted by Gasteiger charge is 2.31.